The zero-order chi connectivity index (χ0) is 21.8. The van der Waals surface area contributed by atoms with Gasteiger partial charge in [0.25, 0.3) is 11.8 Å². The molecule has 0 aliphatic heterocycles. The van der Waals surface area contributed by atoms with Gasteiger partial charge in [0.2, 0.25) is 0 Å². The Bertz CT molecular complexity index is 1130. The van der Waals surface area contributed by atoms with Gasteiger partial charge in [-0.3, -0.25) is 9.59 Å². The molecule has 6 nitrogen and oxygen atoms in total. The monoisotopic (exact) mass is 413 g/mol. The third kappa shape index (κ3) is 5.11. The van der Waals surface area contributed by atoms with Crippen LogP contribution in [-0.2, 0) is 4.79 Å². The van der Waals surface area contributed by atoms with E-state index < -0.39 is 0 Å². The predicted octanol–water partition coefficient (Wildman–Crippen LogP) is 4.05. The summed E-state index contributed by atoms with van der Waals surface area (Å²) in [6.45, 7) is 0. The molecule has 3 aromatic carbocycles. The van der Waals surface area contributed by atoms with Crippen molar-refractivity contribution in [2.45, 2.75) is 18.9 Å². The summed E-state index contributed by atoms with van der Waals surface area (Å²) in [6.07, 6.45) is 3.76. The highest BCUT2D eigenvalue weighted by molar-refractivity contribution is 6.24. The zero-order valence-corrected chi connectivity index (χ0v) is 16.8. The molecule has 156 valence electrons. The summed E-state index contributed by atoms with van der Waals surface area (Å²) in [6, 6.07) is 20.8. The number of nitrogen functional groups attached to an aromatic ring is 1. The number of hydrogen-bond donors (Lipinski definition) is 4. The summed E-state index contributed by atoms with van der Waals surface area (Å²) < 4.78 is 0. The van der Waals surface area contributed by atoms with Crippen LogP contribution >= 0.6 is 0 Å². The second-order valence-corrected chi connectivity index (χ2v) is 7.52. The maximum absolute atomic E-state index is 12.8. The van der Waals surface area contributed by atoms with Gasteiger partial charge in [0.15, 0.2) is 0 Å². The molecule has 0 saturated heterocycles. The highest BCUT2D eigenvalue weighted by Gasteiger charge is 2.25. The lowest BCUT2D eigenvalue weighted by molar-refractivity contribution is -0.115. The number of carbonyl (C=O) groups excluding carboxylic acids is 2. The number of benzene rings is 3. The third-order valence-corrected chi connectivity index (χ3v) is 5.03. The van der Waals surface area contributed by atoms with Crippen molar-refractivity contribution in [2.75, 3.05) is 11.1 Å². The maximum Gasteiger partial charge on any atom is 0.255 e. The van der Waals surface area contributed by atoms with E-state index in [9.17, 15) is 14.7 Å². The Morgan fingerprint density at radius 2 is 1.55 bits per heavy atom. The normalized spacial score (nSPS) is 13.5. The summed E-state index contributed by atoms with van der Waals surface area (Å²) in [4.78, 5) is 25.3. The Morgan fingerprint density at radius 3 is 2.19 bits per heavy atom. The molecule has 6 heteroatoms. The van der Waals surface area contributed by atoms with Crippen LogP contribution < -0.4 is 16.4 Å². The highest BCUT2D eigenvalue weighted by atomic mass is 16.3. The number of hydrogen-bond acceptors (Lipinski definition) is 4. The van der Waals surface area contributed by atoms with Crippen molar-refractivity contribution in [2.24, 2.45) is 0 Å². The summed E-state index contributed by atoms with van der Waals surface area (Å²) in [5.41, 5.74) is 9.41. The lowest BCUT2D eigenvalue weighted by Crippen LogP contribution is -2.26. The number of para-hydroxylation sites is 2. The Hall–Kier alpha value is -4.06. The van der Waals surface area contributed by atoms with Crippen molar-refractivity contribution in [3.05, 3.63) is 89.5 Å². The smallest absolute Gasteiger partial charge is 0.255 e. The number of aromatic hydroxyl groups is 1. The van der Waals surface area contributed by atoms with Crippen LogP contribution in [0.15, 0.2) is 72.8 Å². The van der Waals surface area contributed by atoms with E-state index in [-0.39, 0.29) is 23.6 Å². The van der Waals surface area contributed by atoms with Gasteiger partial charge in [-0.2, -0.15) is 0 Å². The van der Waals surface area contributed by atoms with Crippen LogP contribution in [-0.4, -0.2) is 23.0 Å². The number of amides is 2. The molecule has 0 spiro atoms. The minimum Gasteiger partial charge on any atom is -0.508 e. The van der Waals surface area contributed by atoms with Gasteiger partial charge in [-0.1, -0.05) is 36.4 Å². The molecule has 0 aromatic heterocycles. The van der Waals surface area contributed by atoms with Gasteiger partial charge in [0, 0.05) is 17.2 Å². The van der Waals surface area contributed by atoms with Crippen molar-refractivity contribution in [3.63, 3.8) is 0 Å². The molecule has 5 N–H and O–H groups in total. The fourth-order valence-electron chi connectivity index (χ4n) is 3.11. The van der Waals surface area contributed by atoms with Gasteiger partial charge in [0.1, 0.15) is 5.75 Å². The molecule has 2 amide bonds. The van der Waals surface area contributed by atoms with E-state index in [2.05, 4.69) is 10.6 Å². The predicted molar refractivity (Wildman–Crippen MR) is 122 cm³/mol. The van der Waals surface area contributed by atoms with E-state index >= 15 is 0 Å². The van der Waals surface area contributed by atoms with Crippen LogP contribution in [0.4, 0.5) is 11.4 Å². The van der Waals surface area contributed by atoms with Crippen LogP contribution in [0.25, 0.3) is 11.6 Å². The molecule has 4 rings (SSSR count). The highest BCUT2D eigenvalue weighted by Crippen LogP contribution is 2.25. The number of rotatable bonds is 6. The van der Waals surface area contributed by atoms with E-state index in [1.807, 2.05) is 0 Å². The van der Waals surface area contributed by atoms with E-state index in [0.29, 0.717) is 28.1 Å². The largest absolute Gasteiger partial charge is 0.508 e. The summed E-state index contributed by atoms with van der Waals surface area (Å²) in [5.74, 6) is -0.284. The summed E-state index contributed by atoms with van der Waals surface area (Å²) in [5, 5.41) is 15.4. The molecule has 31 heavy (non-hydrogen) atoms. The second kappa shape index (κ2) is 8.75. The zero-order valence-electron chi connectivity index (χ0n) is 16.8. The molecule has 1 saturated carbocycles. The van der Waals surface area contributed by atoms with Gasteiger partial charge in [-0.25, -0.2) is 0 Å². The topological polar surface area (TPSA) is 104 Å². The first-order chi connectivity index (χ1) is 15.0. The molecule has 0 unspecified atom stereocenters. The lowest BCUT2D eigenvalue weighted by atomic mass is 10.0. The first kappa shape index (κ1) is 20.2. The standard InChI is InChI=1S/C25H23N3O3/c26-22-3-1-2-4-23(22)28-24(30)18-7-5-16(6-8-18)15-21(25(31)27-19-11-12-19)17-9-13-20(29)14-10-17/h1-10,13-15,19,29H,11-12,26H2,(H,27,31)(H,28,30)/b21-15-. The summed E-state index contributed by atoms with van der Waals surface area (Å²) >= 11 is 0. The lowest BCUT2D eigenvalue weighted by Gasteiger charge is -2.10. The molecule has 0 radical (unpaired) electrons. The second-order valence-electron chi connectivity index (χ2n) is 7.52. The Kier molecular flexibility index (Phi) is 5.71. The quantitative estimate of drug-likeness (QED) is 0.278. The molecule has 0 heterocycles. The van der Waals surface area contributed by atoms with Crippen LogP contribution in [0.2, 0.25) is 0 Å². The van der Waals surface area contributed by atoms with E-state index in [0.717, 1.165) is 18.4 Å². The first-order valence-corrected chi connectivity index (χ1v) is 10.1. The fourth-order valence-corrected chi connectivity index (χ4v) is 3.11. The van der Waals surface area contributed by atoms with E-state index in [1.165, 1.54) is 0 Å². The van der Waals surface area contributed by atoms with Crippen molar-refractivity contribution in [3.8, 4) is 5.75 Å². The van der Waals surface area contributed by atoms with Crippen molar-refractivity contribution >= 4 is 34.8 Å². The van der Waals surface area contributed by atoms with Gasteiger partial charge in [0.05, 0.1) is 11.4 Å². The fraction of sp³-hybridized carbons (Fsp3) is 0.120. The molecule has 1 aliphatic carbocycles. The molecule has 0 bridgehead atoms. The number of nitrogens with two attached hydrogens (primary N) is 1. The van der Waals surface area contributed by atoms with Crippen LogP contribution in [0, 0.1) is 0 Å². The minimum absolute atomic E-state index is 0.139. The van der Waals surface area contributed by atoms with Crippen molar-refractivity contribution < 1.29 is 14.7 Å². The number of anilines is 2. The molecule has 1 aliphatic rings. The van der Waals surface area contributed by atoms with Crippen molar-refractivity contribution in [1.82, 2.24) is 5.32 Å². The molecule has 1 fully saturated rings. The molecule has 0 atom stereocenters. The first-order valence-electron chi connectivity index (χ1n) is 10.1. The molecular formula is C25H23N3O3. The average molecular weight is 413 g/mol. The average Bonchev–Trinajstić information content (AvgIpc) is 3.59. The Morgan fingerprint density at radius 1 is 0.903 bits per heavy atom. The number of carbonyl (C=O) groups is 2. The van der Waals surface area contributed by atoms with Crippen LogP contribution in [0.3, 0.4) is 0 Å². The number of phenols is 1. The maximum atomic E-state index is 12.8. The van der Waals surface area contributed by atoms with Crippen molar-refractivity contribution in [1.29, 1.82) is 0 Å². The van der Waals surface area contributed by atoms with E-state index in [1.54, 1.807) is 78.9 Å². The van der Waals surface area contributed by atoms with Crippen LogP contribution in [0.1, 0.15) is 34.3 Å². The SMILES string of the molecule is Nc1ccccc1NC(=O)c1ccc(/C=C(\C(=O)NC2CC2)c2ccc(O)cc2)cc1. The van der Waals surface area contributed by atoms with Gasteiger partial charge < -0.3 is 21.5 Å². The summed E-state index contributed by atoms with van der Waals surface area (Å²) in [7, 11) is 0. The molecular weight excluding hydrogens is 390 g/mol. The number of phenolic OH excluding ortho intramolecular Hbond substituents is 1. The van der Waals surface area contributed by atoms with Gasteiger partial charge in [-0.05, 0) is 66.4 Å². The minimum atomic E-state index is -0.265. The van der Waals surface area contributed by atoms with E-state index in [4.69, 9.17) is 5.73 Å². The van der Waals surface area contributed by atoms with Gasteiger partial charge in [-0.15, -0.1) is 0 Å². The molecule has 3 aromatic rings. The Labute approximate surface area is 180 Å². The third-order valence-electron chi connectivity index (χ3n) is 5.03. The Balaban J connectivity index is 1.56. The van der Waals surface area contributed by atoms with Crippen LogP contribution in [0.5, 0.6) is 5.75 Å². The number of nitrogens with one attached hydrogen (secondary N) is 2. The van der Waals surface area contributed by atoms with Gasteiger partial charge >= 0.3 is 0 Å².